The van der Waals surface area contributed by atoms with Crippen molar-refractivity contribution in [3.8, 4) is 0 Å². The fourth-order valence-corrected chi connectivity index (χ4v) is 1.72. The van der Waals surface area contributed by atoms with Crippen LogP contribution in [0.25, 0.3) is 5.65 Å². The number of nitrogens with zero attached hydrogens (tertiary/aromatic N) is 3. The number of hydrogen-bond acceptors (Lipinski definition) is 5. The third-order valence-corrected chi connectivity index (χ3v) is 2.58. The maximum atomic E-state index is 11.4. The predicted octanol–water partition coefficient (Wildman–Crippen LogP) is 2.06. The van der Waals surface area contributed by atoms with Gasteiger partial charge < -0.3 is 15.4 Å². The second kappa shape index (κ2) is 6.43. The Kier molecular flexibility index (Phi) is 4.62. The molecule has 0 radical (unpaired) electrons. The number of carbonyl (C=O) groups is 1. The summed E-state index contributed by atoms with van der Waals surface area (Å²) in [5.74, 6) is 0.776. The molecule has 2 aromatic rings. The molecule has 0 aliphatic carbocycles. The molecule has 2 N–H and O–H groups in total. The first-order valence-electron chi connectivity index (χ1n) is 6.95. The monoisotopic (exact) mass is 291 g/mol. The molecule has 7 heteroatoms. The summed E-state index contributed by atoms with van der Waals surface area (Å²) in [7, 11) is 0. The zero-order valence-corrected chi connectivity index (χ0v) is 12.6. The van der Waals surface area contributed by atoms with Crippen LogP contribution in [0.2, 0.25) is 0 Å². The molecule has 7 nitrogen and oxygen atoms in total. The topological polar surface area (TPSA) is 80.5 Å². The molecule has 0 atom stereocenters. The number of hydrogen-bond donors (Lipinski definition) is 2. The van der Waals surface area contributed by atoms with Crippen LogP contribution in [0.5, 0.6) is 0 Å². The van der Waals surface area contributed by atoms with E-state index in [0.29, 0.717) is 13.1 Å². The molecule has 0 saturated heterocycles. The van der Waals surface area contributed by atoms with Crippen LogP contribution in [-0.2, 0) is 4.74 Å². The lowest BCUT2D eigenvalue weighted by atomic mass is 10.2. The van der Waals surface area contributed by atoms with Gasteiger partial charge in [-0.05, 0) is 39.3 Å². The van der Waals surface area contributed by atoms with Crippen molar-refractivity contribution in [2.45, 2.75) is 32.8 Å². The van der Waals surface area contributed by atoms with Crippen LogP contribution in [0.4, 0.5) is 10.6 Å². The summed E-state index contributed by atoms with van der Waals surface area (Å²) in [6.45, 7) is 6.78. The Hall–Kier alpha value is -2.31. The fourth-order valence-electron chi connectivity index (χ4n) is 1.72. The van der Waals surface area contributed by atoms with Crippen LogP contribution in [0.15, 0.2) is 24.5 Å². The van der Waals surface area contributed by atoms with Gasteiger partial charge in [-0.2, -0.15) is 0 Å². The number of nitrogens with one attached hydrogen (secondary N) is 2. The second-order valence-electron chi connectivity index (χ2n) is 5.66. The van der Waals surface area contributed by atoms with E-state index in [9.17, 15) is 4.79 Å². The number of anilines is 1. The zero-order valence-electron chi connectivity index (χ0n) is 12.6. The Morgan fingerprint density at radius 2 is 2.14 bits per heavy atom. The van der Waals surface area contributed by atoms with Crippen molar-refractivity contribution < 1.29 is 9.53 Å². The van der Waals surface area contributed by atoms with Crippen LogP contribution < -0.4 is 10.6 Å². The van der Waals surface area contributed by atoms with Gasteiger partial charge in [0.15, 0.2) is 5.65 Å². The van der Waals surface area contributed by atoms with Crippen LogP contribution in [0.3, 0.4) is 0 Å². The summed E-state index contributed by atoms with van der Waals surface area (Å²) in [6, 6.07) is 3.78. The SMILES string of the molecule is CC(C)(C)OC(=O)NCCCNc1ccc2nccn2n1. The Balaban J connectivity index is 1.66. The van der Waals surface area contributed by atoms with Gasteiger partial charge in [-0.25, -0.2) is 14.3 Å². The molecule has 2 aromatic heterocycles. The normalized spacial score (nSPS) is 11.4. The van der Waals surface area contributed by atoms with Crippen molar-refractivity contribution in [2.24, 2.45) is 0 Å². The smallest absolute Gasteiger partial charge is 0.407 e. The van der Waals surface area contributed by atoms with Crippen LogP contribution >= 0.6 is 0 Å². The summed E-state index contributed by atoms with van der Waals surface area (Å²) in [5, 5.41) is 10.3. The Bertz CT molecular complexity index is 603. The minimum Gasteiger partial charge on any atom is -0.444 e. The minimum atomic E-state index is -0.466. The highest BCUT2D eigenvalue weighted by atomic mass is 16.6. The Morgan fingerprint density at radius 3 is 2.90 bits per heavy atom. The van der Waals surface area contributed by atoms with Gasteiger partial charge in [-0.15, -0.1) is 5.10 Å². The number of amides is 1. The zero-order chi connectivity index (χ0) is 15.3. The molecule has 21 heavy (non-hydrogen) atoms. The molecule has 1 amide bonds. The first-order chi connectivity index (χ1) is 9.94. The highest BCUT2D eigenvalue weighted by molar-refractivity contribution is 5.67. The molecule has 114 valence electrons. The van der Waals surface area contributed by atoms with Gasteiger partial charge in [0, 0.05) is 25.5 Å². The van der Waals surface area contributed by atoms with E-state index in [2.05, 4.69) is 20.7 Å². The Morgan fingerprint density at radius 1 is 1.33 bits per heavy atom. The second-order valence-corrected chi connectivity index (χ2v) is 5.66. The third-order valence-electron chi connectivity index (χ3n) is 2.58. The van der Waals surface area contributed by atoms with Gasteiger partial charge in [-0.1, -0.05) is 0 Å². The summed E-state index contributed by atoms with van der Waals surface area (Å²) in [6.07, 6.45) is 3.89. The van der Waals surface area contributed by atoms with Crippen molar-refractivity contribution in [3.63, 3.8) is 0 Å². The maximum absolute atomic E-state index is 11.4. The van der Waals surface area contributed by atoms with Gasteiger partial charge in [0.2, 0.25) is 0 Å². The van der Waals surface area contributed by atoms with E-state index in [0.717, 1.165) is 17.9 Å². The lowest BCUT2D eigenvalue weighted by Gasteiger charge is -2.19. The molecule has 2 rings (SSSR count). The lowest BCUT2D eigenvalue weighted by molar-refractivity contribution is 0.0528. The average molecular weight is 291 g/mol. The quantitative estimate of drug-likeness (QED) is 0.824. The molecule has 0 bridgehead atoms. The molecular weight excluding hydrogens is 270 g/mol. The van der Waals surface area contributed by atoms with Gasteiger partial charge in [0.1, 0.15) is 11.4 Å². The van der Waals surface area contributed by atoms with E-state index in [1.807, 2.05) is 32.9 Å². The molecule has 0 aromatic carbocycles. The molecule has 0 aliphatic rings. The Labute approximate surface area is 123 Å². The molecule has 0 saturated carbocycles. The third kappa shape index (κ3) is 4.94. The van der Waals surface area contributed by atoms with Crippen molar-refractivity contribution >= 4 is 17.6 Å². The van der Waals surface area contributed by atoms with Gasteiger partial charge in [0.05, 0.1) is 0 Å². The number of alkyl carbamates (subject to hydrolysis) is 1. The lowest BCUT2D eigenvalue weighted by Crippen LogP contribution is -2.33. The summed E-state index contributed by atoms with van der Waals surface area (Å²) in [5.41, 5.74) is 0.346. The largest absolute Gasteiger partial charge is 0.444 e. The number of rotatable bonds is 5. The minimum absolute atomic E-state index is 0.388. The van der Waals surface area contributed by atoms with Crippen LogP contribution in [-0.4, -0.2) is 39.4 Å². The number of carbonyl (C=O) groups excluding carboxylic acids is 1. The number of aromatic nitrogens is 3. The van der Waals surface area contributed by atoms with Gasteiger partial charge >= 0.3 is 6.09 Å². The van der Waals surface area contributed by atoms with E-state index >= 15 is 0 Å². The van der Waals surface area contributed by atoms with Crippen molar-refractivity contribution in [2.75, 3.05) is 18.4 Å². The van der Waals surface area contributed by atoms with Crippen LogP contribution in [0, 0.1) is 0 Å². The summed E-state index contributed by atoms with van der Waals surface area (Å²) < 4.78 is 6.86. The maximum Gasteiger partial charge on any atom is 0.407 e. The van der Waals surface area contributed by atoms with Crippen molar-refractivity contribution in [3.05, 3.63) is 24.5 Å². The summed E-state index contributed by atoms with van der Waals surface area (Å²) in [4.78, 5) is 15.6. The predicted molar refractivity (Wildman–Crippen MR) is 80.3 cm³/mol. The van der Waals surface area contributed by atoms with E-state index in [4.69, 9.17) is 4.74 Å². The van der Waals surface area contributed by atoms with E-state index in [1.54, 1.807) is 16.9 Å². The number of ether oxygens (including phenoxy) is 1. The molecular formula is C14H21N5O2. The number of fused-ring (bicyclic) bond motifs is 1. The summed E-state index contributed by atoms with van der Waals surface area (Å²) >= 11 is 0. The number of imidazole rings is 1. The van der Waals surface area contributed by atoms with Gasteiger partial charge in [-0.3, -0.25) is 0 Å². The van der Waals surface area contributed by atoms with Crippen molar-refractivity contribution in [1.29, 1.82) is 0 Å². The molecule has 2 heterocycles. The highest BCUT2D eigenvalue weighted by Crippen LogP contribution is 2.06. The first-order valence-corrected chi connectivity index (χ1v) is 6.95. The van der Waals surface area contributed by atoms with Crippen molar-refractivity contribution in [1.82, 2.24) is 19.9 Å². The molecule has 0 spiro atoms. The van der Waals surface area contributed by atoms with E-state index < -0.39 is 5.60 Å². The molecule has 0 aliphatic heterocycles. The first kappa shape index (κ1) is 15.1. The fraction of sp³-hybridized carbons (Fsp3) is 0.500. The highest BCUT2D eigenvalue weighted by Gasteiger charge is 2.15. The average Bonchev–Trinajstić information content (AvgIpc) is 2.83. The standard InChI is InChI=1S/C14H21N5O2/c1-14(2,3)21-13(20)17-8-4-7-15-11-5-6-12-16-9-10-19(12)18-11/h5-6,9-10H,4,7-8H2,1-3H3,(H,15,18)(H,17,20). The van der Waals surface area contributed by atoms with Gasteiger partial charge in [0.25, 0.3) is 0 Å². The molecule has 0 fully saturated rings. The van der Waals surface area contributed by atoms with Crippen LogP contribution in [0.1, 0.15) is 27.2 Å². The van der Waals surface area contributed by atoms with E-state index in [-0.39, 0.29) is 6.09 Å². The van der Waals surface area contributed by atoms with E-state index in [1.165, 1.54) is 0 Å². The molecule has 0 unspecified atom stereocenters.